The van der Waals surface area contributed by atoms with Gasteiger partial charge in [-0.1, -0.05) is 15.9 Å². The highest BCUT2D eigenvalue weighted by molar-refractivity contribution is 9.10. The SMILES string of the molecule is Cc1cc(N2CC(C(=O)N3CCCCC3C3OCCO3)CC2=O)ccc1Br. The fourth-order valence-corrected chi connectivity index (χ4v) is 4.51. The minimum atomic E-state index is -0.323. The van der Waals surface area contributed by atoms with Crippen molar-refractivity contribution in [3.05, 3.63) is 28.2 Å². The van der Waals surface area contributed by atoms with Crippen LogP contribution < -0.4 is 4.90 Å². The molecule has 3 saturated heterocycles. The number of nitrogens with zero attached hydrogens (tertiary/aromatic N) is 2. The van der Waals surface area contributed by atoms with Crippen molar-refractivity contribution in [1.29, 1.82) is 0 Å². The summed E-state index contributed by atoms with van der Waals surface area (Å²) in [7, 11) is 0. The molecule has 2 amide bonds. The van der Waals surface area contributed by atoms with Crippen LogP contribution >= 0.6 is 15.9 Å². The van der Waals surface area contributed by atoms with Crippen molar-refractivity contribution in [2.24, 2.45) is 5.92 Å². The molecule has 2 unspecified atom stereocenters. The number of aryl methyl sites for hydroxylation is 1. The fourth-order valence-electron chi connectivity index (χ4n) is 4.27. The third-order valence-electron chi connectivity index (χ3n) is 5.72. The lowest BCUT2D eigenvalue weighted by Gasteiger charge is -2.39. The first-order valence-corrected chi connectivity index (χ1v) is 10.4. The summed E-state index contributed by atoms with van der Waals surface area (Å²) in [6, 6.07) is 5.82. The Balaban J connectivity index is 1.48. The molecule has 7 heteroatoms. The third kappa shape index (κ3) is 3.77. The molecule has 2 atom stereocenters. The van der Waals surface area contributed by atoms with Crippen LogP contribution in [0.5, 0.6) is 0 Å². The Bertz CT molecular complexity index is 735. The first-order valence-electron chi connectivity index (χ1n) is 9.65. The summed E-state index contributed by atoms with van der Waals surface area (Å²) in [4.78, 5) is 29.5. The highest BCUT2D eigenvalue weighted by Gasteiger charge is 2.42. The molecule has 6 nitrogen and oxygen atoms in total. The predicted molar refractivity (Wildman–Crippen MR) is 104 cm³/mol. The molecule has 0 N–H and O–H groups in total. The molecule has 0 spiro atoms. The Morgan fingerprint density at radius 1 is 1.22 bits per heavy atom. The minimum absolute atomic E-state index is 0.0111. The molecule has 3 aliphatic rings. The molecule has 27 heavy (non-hydrogen) atoms. The standard InChI is InChI=1S/C20H25BrN2O4/c1-13-10-15(5-6-16(13)21)23-12-14(11-18(23)24)19(25)22-7-3-2-4-17(22)20-26-8-9-27-20/h5-6,10,14,17,20H,2-4,7-9,11-12H2,1H3. The second kappa shape index (κ2) is 7.89. The maximum Gasteiger partial charge on any atom is 0.228 e. The van der Waals surface area contributed by atoms with E-state index in [0.29, 0.717) is 19.8 Å². The van der Waals surface area contributed by atoms with Crippen molar-refractivity contribution in [2.75, 3.05) is 31.2 Å². The third-order valence-corrected chi connectivity index (χ3v) is 6.61. The van der Waals surface area contributed by atoms with Gasteiger partial charge in [-0.25, -0.2) is 0 Å². The highest BCUT2D eigenvalue weighted by Crippen LogP contribution is 2.32. The molecule has 0 aromatic heterocycles. The van der Waals surface area contributed by atoms with E-state index in [1.54, 1.807) is 4.90 Å². The minimum Gasteiger partial charge on any atom is -0.348 e. The van der Waals surface area contributed by atoms with Gasteiger partial charge in [-0.2, -0.15) is 0 Å². The van der Waals surface area contributed by atoms with Crippen LogP contribution in [0.1, 0.15) is 31.2 Å². The van der Waals surface area contributed by atoms with E-state index in [2.05, 4.69) is 15.9 Å². The normalized spacial score (nSPS) is 26.8. The molecule has 146 valence electrons. The molecular formula is C20H25BrN2O4. The van der Waals surface area contributed by atoms with Gasteiger partial charge in [0.1, 0.15) is 0 Å². The number of carbonyl (C=O) groups excluding carboxylic acids is 2. The summed E-state index contributed by atoms with van der Waals surface area (Å²) in [5.74, 6) is -0.232. The van der Waals surface area contributed by atoms with Gasteiger partial charge in [0.05, 0.1) is 25.2 Å². The van der Waals surface area contributed by atoms with Gasteiger partial charge in [0.15, 0.2) is 6.29 Å². The zero-order chi connectivity index (χ0) is 19.0. The fraction of sp³-hybridized carbons (Fsp3) is 0.600. The Morgan fingerprint density at radius 3 is 2.74 bits per heavy atom. The van der Waals surface area contributed by atoms with Crippen molar-refractivity contribution < 1.29 is 19.1 Å². The number of anilines is 1. The van der Waals surface area contributed by atoms with Crippen molar-refractivity contribution in [3.63, 3.8) is 0 Å². The average Bonchev–Trinajstić information content (AvgIpc) is 3.33. The molecule has 3 fully saturated rings. The summed E-state index contributed by atoms with van der Waals surface area (Å²) in [5.41, 5.74) is 1.93. The van der Waals surface area contributed by atoms with Crippen molar-refractivity contribution >= 4 is 33.4 Å². The van der Waals surface area contributed by atoms with Crippen LogP contribution in [0.2, 0.25) is 0 Å². The molecule has 0 radical (unpaired) electrons. The van der Waals surface area contributed by atoms with Crippen LogP contribution in [0.15, 0.2) is 22.7 Å². The van der Waals surface area contributed by atoms with Crippen LogP contribution in [0.3, 0.4) is 0 Å². The summed E-state index contributed by atoms with van der Waals surface area (Å²) < 4.78 is 12.4. The Kier molecular flexibility index (Phi) is 5.53. The summed E-state index contributed by atoms with van der Waals surface area (Å²) in [6.45, 7) is 4.32. The summed E-state index contributed by atoms with van der Waals surface area (Å²) >= 11 is 3.49. The van der Waals surface area contributed by atoms with E-state index in [0.717, 1.165) is 41.5 Å². The Hall–Kier alpha value is -1.44. The largest absolute Gasteiger partial charge is 0.348 e. The number of halogens is 1. The topological polar surface area (TPSA) is 59.1 Å². The highest BCUT2D eigenvalue weighted by atomic mass is 79.9. The number of piperidine rings is 1. The Morgan fingerprint density at radius 2 is 2.00 bits per heavy atom. The van der Waals surface area contributed by atoms with Crippen LogP contribution in [0, 0.1) is 12.8 Å². The number of hydrogen-bond donors (Lipinski definition) is 0. The molecule has 3 heterocycles. The number of rotatable bonds is 3. The van der Waals surface area contributed by atoms with E-state index >= 15 is 0 Å². The summed E-state index contributed by atoms with van der Waals surface area (Å²) in [5, 5.41) is 0. The van der Waals surface area contributed by atoms with E-state index in [4.69, 9.17) is 9.47 Å². The van der Waals surface area contributed by atoms with Crippen molar-refractivity contribution in [2.45, 2.75) is 44.9 Å². The maximum absolute atomic E-state index is 13.2. The predicted octanol–water partition coefficient (Wildman–Crippen LogP) is 2.86. The second-order valence-electron chi connectivity index (χ2n) is 7.54. The zero-order valence-corrected chi connectivity index (χ0v) is 17.1. The number of likely N-dealkylation sites (tertiary alicyclic amines) is 1. The van der Waals surface area contributed by atoms with Gasteiger partial charge < -0.3 is 19.3 Å². The van der Waals surface area contributed by atoms with Crippen LogP contribution in [0.4, 0.5) is 5.69 Å². The lowest BCUT2D eigenvalue weighted by molar-refractivity contribution is -0.154. The molecule has 0 aliphatic carbocycles. The molecule has 0 bridgehead atoms. The molecule has 0 saturated carbocycles. The van der Waals surface area contributed by atoms with Gasteiger partial charge >= 0.3 is 0 Å². The first-order chi connectivity index (χ1) is 13.0. The quantitative estimate of drug-likeness (QED) is 0.730. The van der Waals surface area contributed by atoms with E-state index in [-0.39, 0.29) is 36.5 Å². The number of carbonyl (C=O) groups is 2. The van der Waals surface area contributed by atoms with Gasteiger partial charge in [-0.3, -0.25) is 9.59 Å². The van der Waals surface area contributed by atoms with Crippen LogP contribution in [-0.4, -0.2) is 55.3 Å². The lowest BCUT2D eigenvalue weighted by atomic mass is 9.98. The number of ether oxygens (including phenoxy) is 2. The summed E-state index contributed by atoms with van der Waals surface area (Å²) in [6.07, 6.45) is 2.91. The molecule has 1 aromatic rings. The van der Waals surface area contributed by atoms with Crippen LogP contribution in [0.25, 0.3) is 0 Å². The van der Waals surface area contributed by atoms with Gasteiger partial charge in [-0.15, -0.1) is 0 Å². The number of amides is 2. The van der Waals surface area contributed by atoms with E-state index in [9.17, 15) is 9.59 Å². The molecule has 3 aliphatic heterocycles. The maximum atomic E-state index is 13.2. The molecule has 1 aromatic carbocycles. The molecule has 4 rings (SSSR count). The van der Waals surface area contributed by atoms with Gasteiger partial charge in [0, 0.05) is 29.7 Å². The van der Waals surface area contributed by atoms with E-state index in [1.807, 2.05) is 30.0 Å². The number of hydrogen-bond acceptors (Lipinski definition) is 4. The van der Waals surface area contributed by atoms with Gasteiger partial charge in [-0.05, 0) is 49.9 Å². The van der Waals surface area contributed by atoms with Crippen LogP contribution in [-0.2, 0) is 19.1 Å². The molecular weight excluding hydrogens is 412 g/mol. The van der Waals surface area contributed by atoms with Crippen molar-refractivity contribution in [3.8, 4) is 0 Å². The second-order valence-corrected chi connectivity index (χ2v) is 8.40. The van der Waals surface area contributed by atoms with Gasteiger partial charge in [0.2, 0.25) is 11.8 Å². The lowest BCUT2D eigenvalue weighted by Crippen LogP contribution is -2.52. The average molecular weight is 437 g/mol. The van der Waals surface area contributed by atoms with E-state index in [1.165, 1.54) is 0 Å². The van der Waals surface area contributed by atoms with Crippen molar-refractivity contribution in [1.82, 2.24) is 4.90 Å². The number of benzene rings is 1. The smallest absolute Gasteiger partial charge is 0.228 e. The monoisotopic (exact) mass is 436 g/mol. The Labute approximate surface area is 167 Å². The zero-order valence-electron chi connectivity index (χ0n) is 15.5. The van der Waals surface area contributed by atoms with Gasteiger partial charge in [0.25, 0.3) is 0 Å². The van der Waals surface area contributed by atoms with E-state index < -0.39 is 0 Å². The first kappa shape index (κ1) is 18.9.